The molecule has 1 aromatic rings. The van der Waals surface area contributed by atoms with Crippen LogP contribution in [-0.2, 0) is 28.1 Å². The Kier molecular flexibility index (Phi) is 3.45. The van der Waals surface area contributed by atoms with E-state index < -0.39 is 5.79 Å². The SMILES string of the molecule is CCC(N)Cc1cc2c(s1)CCCC21OCCO1. The Morgan fingerprint density at radius 3 is 2.94 bits per heavy atom. The van der Waals surface area contributed by atoms with Gasteiger partial charge in [-0.25, -0.2) is 0 Å². The van der Waals surface area contributed by atoms with Crippen LogP contribution >= 0.6 is 11.3 Å². The molecule has 1 atom stereocenters. The van der Waals surface area contributed by atoms with Crippen molar-refractivity contribution in [1.29, 1.82) is 0 Å². The van der Waals surface area contributed by atoms with Crippen molar-refractivity contribution in [3.05, 3.63) is 21.4 Å². The fraction of sp³-hybridized carbons (Fsp3) is 0.714. The van der Waals surface area contributed by atoms with Crippen LogP contribution in [0.1, 0.15) is 41.5 Å². The number of nitrogens with two attached hydrogens (primary N) is 1. The predicted octanol–water partition coefficient (Wildman–Crippen LogP) is 2.56. The third kappa shape index (κ3) is 2.11. The third-order valence-corrected chi connectivity index (χ3v) is 5.14. The number of hydrogen-bond donors (Lipinski definition) is 1. The van der Waals surface area contributed by atoms with Gasteiger partial charge in [0.15, 0.2) is 5.79 Å². The van der Waals surface area contributed by atoms with E-state index in [0.717, 1.165) is 45.3 Å². The van der Waals surface area contributed by atoms with Crippen molar-refractivity contribution in [2.24, 2.45) is 5.73 Å². The molecule has 1 fully saturated rings. The van der Waals surface area contributed by atoms with E-state index in [-0.39, 0.29) is 6.04 Å². The molecule has 18 heavy (non-hydrogen) atoms. The van der Waals surface area contributed by atoms with E-state index in [1.807, 2.05) is 11.3 Å². The van der Waals surface area contributed by atoms with Crippen molar-refractivity contribution in [3.63, 3.8) is 0 Å². The normalized spacial score (nSPS) is 23.2. The second-order valence-corrected chi connectivity index (χ2v) is 6.45. The predicted molar refractivity (Wildman–Crippen MR) is 72.8 cm³/mol. The van der Waals surface area contributed by atoms with Crippen molar-refractivity contribution >= 4 is 11.3 Å². The Bertz CT molecular complexity index is 423. The second-order valence-electron chi connectivity index (χ2n) is 5.23. The number of fused-ring (bicyclic) bond motifs is 2. The Hall–Kier alpha value is -0.420. The Labute approximate surface area is 112 Å². The van der Waals surface area contributed by atoms with Crippen molar-refractivity contribution in [2.45, 2.75) is 50.9 Å². The standard InChI is InChI=1S/C14H21NO2S/c1-2-10(15)8-11-9-12-13(18-11)4-3-5-14(12)16-6-7-17-14/h9-10H,2-8,15H2,1H3. The smallest absolute Gasteiger partial charge is 0.196 e. The van der Waals surface area contributed by atoms with Crippen LogP contribution in [0, 0.1) is 0 Å². The average molecular weight is 267 g/mol. The van der Waals surface area contributed by atoms with E-state index in [1.54, 1.807) is 0 Å². The Morgan fingerprint density at radius 2 is 2.22 bits per heavy atom. The van der Waals surface area contributed by atoms with Crippen LogP contribution < -0.4 is 5.73 Å². The van der Waals surface area contributed by atoms with E-state index in [2.05, 4.69) is 13.0 Å². The van der Waals surface area contributed by atoms with Gasteiger partial charge in [0, 0.05) is 27.8 Å². The maximum atomic E-state index is 6.05. The van der Waals surface area contributed by atoms with Crippen LogP contribution in [-0.4, -0.2) is 19.3 Å². The minimum absolute atomic E-state index is 0.270. The quantitative estimate of drug-likeness (QED) is 0.915. The topological polar surface area (TPSA) is 44.5 Å². The van der Waals surface area contributed by atoms with Gasteiger partial charge in [0.25, 0.3) is 0 Å². The van der Waals surface area contributed by atoms with Gasteiger partial charge in [-0.3, -0.25) is 0 Å². The lowest BCUT2D eigenvalue weighted by Crippen LogP contribution is -2.30. The van der Waals surface area contributed by atoms with Crippen molar-refractivity contribution in [1.82, 2.24) is 0 Å². The lowest BCUT2D eigenvalue weighted by molar-refractivity contribution is -0.175. The fourth-order valence-corrected chi connectivity index (χ4v) is 4.23. The van der Waals surface area contributed by atoms with Crippen LogP contribution in [0.5, 0.6) is 0 Å². The lowest BCUT2D eigenvalue weighted by Gasteiger charge is -2.31. The van der Waals surface area contributed by atoms with Crippen molar-refractivity contribution in [2.75, 3.05) is 13.2 Å². The summed E-state index contributed by atoms with van der Waals surface area (Å²) < 4.78 is 11.8. The summed E-state index contributed by atoms with van der Waals surface area (Å²) in [5.74, 6) is -0.418. The van der Waals surface area contributed by atoms with E-state index in [1.165, 1.54) is 15.3 Å². The maximum Gasteiger partial charge on any atom is 0.196 e. The Morgan fingerprint density at radius 1 is 1.44 bits per heavy atom. The second kappa shape index (κ2) is 4.93. The first-order valence-electron chi connectivity index (χ1n) is 6.89. The molecular formula is C14H21NO2S. The summed E-state index contributed by atoms with van der Waals surface area (Å²) in [5, 5.41) is 0. The highest BCUT2D eigenvalue weighted by atomic mass is 32.1. The number of ether oxygens (including phenoxy) is 2. The monoisotopic (exact) mass is 267 g/mol. The molecule has 1 spiro atoms. The largest absolute Gasteiger partial charge is 0.343 e. The molecule has 3 nitrogen and oxygen atoms in total. The first-order chi connectivity index (χ1) is 8.73. The van der Waals surface area contributed by atoms with Crippen LogP contribution in [0.15, 0.2) is 6.07 Å². The first kappa shape index (κ1) is 12.6. The summed E-state index contributed by atoms with van der Waals surface area (Å²) in [5.41, 5.74) is 7.34. The number of thiophene rings is 1. The summed E-state index contributed by atoms with van der Waals surface area (Å²) in [4.78, 5) is 2.83. The van der Waals surface area contributed by atoms with Crippen molar-refractivity contribution in [3.8, 4) is 0 Å². The summed E-state index contributed by atoms with van der Waals surface area (Å²) in [7, 11) is 0. The summed E-state index contributed by atoms with van der Waals surface area (Å²) in [6, 6.07) is 2.55. The van der Waals surface area contributed by atoms with Gasteiger partial charge in [0.05, 0.1) is 13.2 Å². The highest BCUT2D eigenvalue weighted by molar-refractivity contribution is 7.12. The van der Waals surface area contributed by atoms with Gasteiger partial charge in [0.2, 0.25) is 0 Å². The summed E-state index contributed by atoms with van der Waals surface area (Å²) in [6.45, 7) is 3.58. The van der Waals surface area contributed by atoms with Gasteiger partial charge in [-0.1, -0.05) is 6.92 Å². The van der Waals surface area contributed by atoms with Crippen LogP contribution in [0.25, 0.3) is 0 Å². The summed E-state index contributed by atoms with van der Waals surface area (Å²) in [6.07, 6.45) is 5.32. The minimum Gasteiger partial charge on any atom is -0.343 e. The fourth-order valence-electron chi connectivity index (χ4n) is 2.87. The third-order valence-electron chi connectivity index (χ3n) is 3.92. The van der Waals surface area contributed by atoms with Crippen LogP contribution in [0.3, 0.4) is 0 Å². The molecule has 2 N–H and O–H groups in total. The molecule has 1 saturated heterocycles. The zero-order valence-electron chi connectivity index (χ0n) is 10.9. The van der Waals surface area contributed by atoms with E-state index in [0.29, 0.717) is 0 Å². The molecule has 1 unspecified atom stereocenters. The molecule has 0 saturated carbocycles. The molecule has 1 aliphatic heterocycles. The van der Waals surface area contributed by atoms with Crippen molar-refractivity contribution < 1.29 is 9.47 Å². The molecular weight excluding hydrogens is 246 g/mol. The molecule has 0 radical (unpaired) electrons. The highest BCUT2D eigenvalue weighted by Crippen LogP contribution is 2.45. The van der Waals surface area contributed by atoms with E-state index in [9.17, 15) is 0 Å². The molecule has 0 aromatic carbocycles. The molecule has 2 heterocycles. The van der Waals surface area contributed by atoms with Gasteiger partial charge in [0.1, 0.15) is 0 Å². The molecule has 1 aliphatic carbocycles. The zero-order valence-corrected chi connectivity index (χ0v) is 11.7. The van der Waals surface area contributed by atoms with Gasteiger partial charge in [-0.2, -0.15) is 0 Å². The molecule has 4 heteroatoms. The van der Waals surface area contributed by atoms with Gasteiger partial charge >= 0.3 is 0 Å². The average Bonchev–Trinajstić information content (AvgIpc) is 2.97. The van der Waals surface area contributed by atoms with E-state index in [4.69, 9.17) is 15.2 Å². The number of hydrogen-bond acceptors (Lipinski definition) is 4. The molecule has 0 amide bonds. The van der Waals surface area contributed by atoms with Crippen LogP contribution in [0.2, 0.25) is 0 Å². The molecule has 2 aliphatic rings. The minimum atomic E-state index is -0.418. The zero-order chi connectivity index (χ0) is 12.6. The molecule has 0 bridgehead atoms. The highest BCUT2D eigenvalue weighted by Gasteiger charge is 2.43. The van der Waals surface area contributed by atoms with Gasteiger partial charge in [-0.15, -0.1) is 11.3 Å². The lowest BCUT2D eigenvalue weighted by atomic mass is 9.92. The number of rotatable bonds is 3. The molecule has 3 rings (SSSR count). The Balaban J connectivity index is 1.88. The van der Waals surface area contributed by atoms with E-state index >= 15 is 0 Å². The molecule has 100 valence electrons. The van der Waals surface area contributed by atoms with Crippen LogP contribution in [0.4, 0.5) is 0 Å². The first-order valence-corrected chi connectivity index (χ1v) is 7.71. The maximum absolute atomic E-state index is 6.05. The molecule has 1 aromatic heterocycles. The number of aryl methyl sites for hydroxylation is 1. The van der Waals surface area contributed by atoms with Gasteiger partial charge < -0.3 is 15.2 Å². The summed E-state index contributed by atoms with van der Waals surface area (Å²) >= 11 is 1.90. The van der Waals surface area contributed by atoms with Gasteiger partial charge in [-0.05, 0) is 31.7 Å².